The van der Waals surface area contributed by atoms with E-state index in [1.54, 1.807) is 16.7 Å². The maximum Gasteiger partial charge on any atom is 0.242 e. The molecule has 0 spiro atoms. The number of rotatable bonds is 10. The van der Waals surface area contributed by atoms with Gasteiger partial charge in [-0.3, -0.25) is 9.59 Å². The third-order valence-corrected chi connectivity index (χ3v) is 6.31. The molecule has 2 amide bonds. The molecule has 0 aliphatic rings. The van der Waals surface area contributed by atoms with E-state index in [0.29, 0.717) is 12.3 Å². The van der Waals surface area contributed by atoms with E-state index in [4.69, 9.17) is 0 Å². The molecule has 1 N–H and O–H groups in total. The Morgan fingerprint density at radius 1 is 1.07 bits per heavy atom. The van der Waals surface area contributed by atoms with E-state index in [-0.39, 0.29) is 17.9 Å². The molecule has 5 heteroatoms. The number of thioether (sulfide) groups is 1. The lowest BCUT2D eigenvalue weighted by molar-refractivity contribution is -0.138. The molecule has 0 heterocycles. The van der Waals surface area contributed by atoms with Gasteiger partial charge in [0.1, 0.15) is 6.04 Å². The summed E-state index contributed by atoms with van der Waals surface area (Å²) in [6.07, 6.45) is 0.858. The summed E-state index contributed by atoms with van der Waals surface area (Å²) >= 11 is 1.60. The number of amides is 2. The molecule has 30 heavy (non-hydrogen) atoms. The summed E-state index contributed by atoms with van der Waals surface area (Å²) < 4.78 is 0. The Labute approximate surface area is 185 Å². The maximum absolute atomic E-state index is 13.1. The summed E-state index contributed by atoms with van der Waals surface area (Å²) in [5.74, 6) is 1.02. The summed E-state index contributed by atoms with van der Waals surface area (Å²) in [6, 6.07) is 15.9. The molecule has 2 rings (SSSR count). The van der Waals surface area contributed by atoms with Crippen LogP contribution in [0.25, 0.3) is 0 Å². The third-order valence-electron chi connectivity index (χ3n) is 5.35. The van der Waals surface area contributed by atoms with Gasteiger partial charge in [0.2, 0.25) is 11.8 Å². The SMILES string of the molecule is CC[C@H](C)NC(=O)[C@@H](C)N(Cc1cccc(C)c1)C(=O)CSCc1ccccc1C. The quantitative estimate of drug-likeness (QED) is 0.590. The van der Waals surface area contributed by atoms with Crippen LogP contribution in [0.1, 0.15) is 49.4 Å². The van der Waals surface area contributed by atoms with Gasteiger partial charge in [0.25, 0.3) is 0 Å². The Morgan fingerprint density at radius 2 is 1.80 bits per heavy atom. The topological polar surface area (TPSA) is 49.4 Å². The average molecular weight is 427 g/mol. The van der Waals surface area contributed by atoms with E-state index < -0.39 is 6.04 Å². The molecule has 0 aliphatic carbocycles. The summed E-state index contributed by atoms with van der Waals surface area (Å²) in [5, 5.41) is 3.01. The Kier molecular flexibility index (Phi) is 9.44. The van der Waals surface area contributed by atoms with Crippen LogP contribution >= 0.6 is 11.8 Å². The highest BCUT2D eigenvalue weighted by Crippen LogP contribution is 2.18. The Bertz CT molecular complexity index is 853. The first-order valence-electron chi connectivity index (χ1n) is 10.6. The minimum Gasteiger partial charge on any atom is -0.352 e. The molecule has 0 radical (unpaired) electrons. The normalized spacial score (nSPS) is 12.8. The van der Waals surface area contributed by atoms with Gasteiger partial charge >= 0.3 is 0 Å². The summed E-state index contributed by atoms with van der Waals surface area (Å²) in [7, 11) is 0. The van der Waals surface area contributed by atoms with Gasteiger partial charge in [-0.25, -0.2) is 0 Å². The standard InChI is InChI=1S/C25H34N2O2S/c1-6-20(4)26-25(29)21(5)27(15-22-12-9-10-18(2)14-22)24(28)17-30-16-23-13-8-7-11-19(23)3/h7-14,20-21H,6,15-17H2,1-5H3,(H,26,29)/t20-,21+/m0/s1. The molecule has 0 saturated heterocycles. The lowest BCUT2D eigenvalue weighted by atomic mass is 10.1. The van der Waals surface area contributed by atoms with Crippen LogP contribution in [-0.2, 0) is 21.9 Å². The van der Waals surface area contributed by atoms with Crippen LogP contribution in [-0.4, -0.2) is 34.6 Å². The zero-order chi connectivity index (χ0) is 22.1. The first-order chi connectivity index (χ1) is 14.3. The van der Waals surface area contributed by atoms with Gasteiger partial charge < -0.3 is 10.2 Å². The monoisotopic (exact) mass is 426 g/mol. The summed E-state index contributed by atoms with van der Waals surface area (Å²) in [6.45, 7) is 10.4. The number of hydrogen-bond donors (Lipinski definition) is 1. The van der Waals surface area contributed by atoms with E-state index >= 15 is 0 Å². The van der Waals surface area contributed by atoms with Gasteiger partial charge in [-0.1, -0.05) is 61.0 Å². The predicted octanol–water partition coefficient (Wildman–Crippen LogP) is 4.87. The van der Waals surface area contributed by atoms with Crippen LogP contribution in [0.15, 0.2) is 48.5 Å². The van der Waals surface area contributed by atoms with Crippen LogP contribution < -0.4 is 5.32 Å². The first-order valence-corrected chi connectivity index (χ1v) is 11.7. The highest BCUT2D eigenvalue weighted by Gasteiger charge is 2.26. The summed E-state index contributed by atoms with van der Waals surface area (Å²) in [5.41, 5.74) is 4.65. The minimum atomic E-state index is -0.522. The van der Waals surface area contributed by atoms with Crippen molar-refractivity contribution in [2.24, 2.45) is 0 Å². The fourth-order valence-electron chi connectivity index (χ4n) is 3.16. The largest absolute Gasteiger partial charge is 0.352 e. The molecule has 162 valence electrons. The molecular weight excluding hydrogens is 392 g/mol. The first kappa shape index (κ1) is 24.0. The number of nitrogens with one attached hydrogen (secondary N) is 1. The van der Waals surface area contributed by atoms with Gasteiger partial charge in [-0.15, -0.1) is 11.8 Å². The lowest BCUT2D eigenvalue weighted by Gasteiger charge is -2.29. The molecule has 2 aromatic carbocycles. The van der Waals surface area contributed by atoms with E-state index in [2.05, 4.69) is 30.4 Å². The zero-order valence-corrected chi connectivity index (χ0v) is 19.6. The zero-order valence-electron chi connectivity index (χ0n) is 18.8. The van der Waals surface area contributed by atoms with Crippen molar-refractivity contribution in [2.45, 2.75) is 65.4 Å². The van der Waals surface area contributed by atoms with E-state index in [0.717, 1.165) is 23.3 Å². The van der Waals surface area contributed by atoms with E-state index in [1.165, 1.54) is 11.1 Å². The van der Waals surface area contributed by atoms with Crippen molar-refractivity contribution in [1.29, 1.82) is 0 Å². The van der Waals surface area contributed by atoms with Crippen LogP contribution in [0.3, 0.4) is 0 Å². The molecule has 0 saturated carbocycles. The van der Waals surface area contributed by atoms with Crippen molar-refractivity contribution < 1.29 is 9.59 Å². The molecule has 0 unspecified atom stereocenters. The van der Waals surface area contributed by atoms with Crippen molar-refractivity contribution in [3.05, 3.63) is 70.8 Å². The molecule has 2 atom stereocenters. The number of carbonyl (C=O) groups is 2. The van der Waals surface area contributed by atoms with Crippen LogP contribution in [0.5, 0.6) is 0 Å². The number of hydrogen-bond acceptors (Lipinski definition) is 3. The molecule has 0 fully saturated rings. The van der Waals surface area contributed by atoms with Crippen molar-refractivity contribution >= 4 is 23.6 Å². The predicted molar refractivity (Wildman–Crippen MR) is 126 cm³/mol. The molecule has 2 aromatic rings. The minimum absolute atomic E-state index is 0.0121. The average Bonchev–Trinajstić information content (AvgIpc) is 2.72. The third kappa shape index (κ3) is 7.21. The smallest absolute Gasteiger partial charge is 0.242 e. The second-order valence-corrected chi connectivity index (χ2v) is 8.91. The van der Waals surface area contributed by atoms with Gasteiger partial charge in [0.15, 0.2) is 0 Å². The molecular formula is C25H34N2O2S. The van der Waals surface area contributed by atoms with Gasteiger partial charge in [-0.2, -0.15) is 0 Å². The van der Waals surface area contributed by atoms with Gasteiger partial charge in [-0.05, 0) is 50.8 Å². The van der Waals surface area contributed by atoms with E-state index in [9.17, 15) is 9.59 Å². The second kappa shape index (κ2) is 11.8. The molecule has 0 aromatic heterocycles. The van der Waals surface area contributed by atoms with Crippen molar-refractivity contribution in [3.8, 4) is 0 Å². The van der Waals surface area contributed by atoms with Crippen molar-refractivity contribution in [3.63, 3.8) is 0 Å². The number of benzene rings is 2. The van der Waals surface area contributed by atoms with Gasteiger partial charge in [0.05, 0.1) is 5.75 Å². The lowest BCUT2D eigenvalue weighted by Crippen LogP contribution is -2.50. The fraction of sp³-hybridized carbons (Fsp3) is 0.440. The fourth-order valence-corrected chi connectivity index (χ4v) is 4.14. The number of aryl methyl sites for hydroxylation is 2. The highest BCUT2D eigenvalue weighted by atomic mass is 32.2. The Hall–Kier alpha value is -2.27. The van der Waals surface area contributed by atoms with Crippen LogP contribution in [0.4, 0.5) is 0 Å². The Balaban J connectivity index is 2.09. The number of nitrogens with zero attached hydrogens (tertiary/aromatic N) is 1. The molecule has 4 nitrogen and oxygen atoms in total. The van der Waals surface area contributed by atoms with Gasteiger partial charge in [0, 0.05) is 18.3 Å². The highest BCUT2D eigenvalue weighted by molar-refractivity contribution is 7.99. The van der Waals surface area contributed by atoms with Crippen LogP contribution in [0.2, 0.25) is 0 Å². The molecule has 0 aliphatic heterocycles. The summed E-state index contributed by atoms with van der Waals surface area (Å²) in [4.78, 5) is 27.6. The second-order valence-electron chi connectivity index (χ2n) is 7.92. The van der Waals surface area contributed by atoms with Crippen molar-refractivity contribution in [2.75, 3.05) is 5.75 Å². The van der Waals surface area contributed by atoms with Crippen LogP contribution in [0, 0.1) is 13.8 Å². The number of carbonyl (C=O) groups excluding carboxylic acids is 2. The maximum atomic E-state index is 13.1. The van der Waals surface area contributed by atoms with Crippen molar-refractivity contribution in [1.82, 2.24) is 10.2 Å². The Morgan fingerprint density at radius 3 is 2.47 bits per heavy atom. The van der Waals surface area contributed by atoms with E-state index in [1.807, 2.05) is 58.0 Å². The molecule has 0 bridgehead atoms.